The SMILES string of the molecule is CC(C)[C@H](CO)N1C(=O)[C@@H]2[C@H]3C(=O)O[C@H](C)CNC(=O)CC/C=C\[C@H]3O[C@@]23C=CCN(c2ccc(Cl)cc2)C(=O)[C@@H]13. The average molecular weight is 586 g/mol. The van der Waals surface area contributed by atoms with Crippen LogP contribution in [0.4, 0.5) is 5.69 Å². The molecule has 11 heteroatoms. The Morgan fingerprint density at radius 2 is 1.85 bits per heavy atom. The summed E-state index contributed by atoms with van der Waals surface area (Å²) in [6.45, 7) is 5.40. The van der Waals surface area contributed by atoms with Crippen molar-refractivity contribution in [3.05, 3.63) is 53.6 Å². The topological polar surface area (TPSA) is 125 Å². The Balaban J connectivity index is 1.63. The van der Waals surface area contributed by atoms with Crippen LogP contribution in [0.25, 0.3) is 0 Å². The van der Waals surface area contributed by atoms with Crippen molar-refractivity contribution in [3.8, 4) is 0 Å². The Morgan fingerprint density at radius 3 is 2.54 bits per heavy atom. The van der Waals surface area contributed by atoms with E-state index in [1.54, 1.807) is 60.4 Å². The van der Waals surface area contributed by atoms with Gasteiger partial charge in [0.05, 0.1) is 31.2 Å². The lowest BCUT2D eigenvalue weighted by molar-refractivity contribution is -0.159. The van der Waals surface area contributed by atoms with Gasteiger partial charge in [0, 0.05) is 23.7 Å². The number of fused-ring (bicyclic) bond motifs is 2. The third-order valence-electron chi connectivity index (χ3n) is 8.42. The van der Waals surface area contributed by atoms with E-state index in [1.165, 1.54) is 4.90 Å². The maximum atomic E-state index is 14.5. The van der Waals surface area contributed by atoms with Crippen molar-refractivity contribution >= 4 is 41.0 Å². The predicted octanol–water partition coefficient (Wildman–Crippen LogP) is 2.24. The largest absolute Gasteiger partial charge is 0.460 e. The summed E-state index contributed by atoms with van der Waals surface area (Å²) < 4.78 is 12.4. The number of cyclic esters (lactones) is 1. The molecule has 0 aromatic heterocycles. The molecule has 4 aliphatic heterocycles. The molecule has 1 aromatic rings. The van der Waals surface area contributed by atoms with Crippen molar-refractivity contribution in [1.82, 2.24) is 10.2 Å². The molecule has 10 nitrogen and oxygen atoms in total. The highest BCUT2D eigenvalue weighted by Crippen LogP contribution is 2.54. The highest BCUT2D eigenvalue weighted by Gasteiger charge is 2.72. The fraction of sp³-hybridized carbons (Fsp3) is 0.533. The van der Waals surface area contributed by atoms with Crippen molar-refractivity contribution in [2.45, 2.75) is 63.5 Å². The highest BCUT2D eigenvalue weighted by atomic mass is 35.5. The quantitative estimate of drug-likeness (QED) is 0.410. The van der Waals surface area contributed by atoms with E-state index in [0.29, 0.717) is 17.1 Å². The number of hydrogen-bond acceptors (Lipinski definition) is 7. The number of anilines is 1. The van der Waals surface area contributed by atoms with Gasteiger partial charge in [-0.25, -0.2) is 0 Å². The number of benzene rings is 1. The molecule has 0 bridgehead atoms. The Hall–Kier alpha value is -3.21. The van der Waals surface area contributed by atoms with Crippen LogP contribution in [0.1, 0.15) is 33.6 Å². The third-order valence-corrected chi connectivity index (χ3v) is 8.68. The molecule has 3 amide bonds. The van der Waals surface area contributed by atoms with Gasteiger partial charge in [-0.3, -0.25) is 19.2 Å². The van der Waals surface area contributed by atoms with Crippen LogP contribution in [0, 0.1) is 17.8 Å². The number of amides is 3. The minimum absolute atomic E-state index is 0.138. The molecule has 0 aliphatic carbocycles. The molecule has 2 N–H and O–H groups in total. The maximum absolute atomic E-state index is 14.5. The first kappa shape index (κ1) is 29.3. The van der Waals surface area contributed by atoms with Crippen LogP contribution in [0.15, 0.2) is 48.6 Å². The van der Waals surface area contributed by atoms with Gasteiger partial charge in [-0.15, -0.1) is 0 Å². The molecule has 0 radical (unpaired) electrons. The van der Waals surface area contributed by atoms with Crippen molar-refractivity contribution in [2.24, 2.45) is 17.8 Å². The van der Waals surface area contributed by atoms with Crippen LogP contribution in [0.5, 0.6) is 0 Å². The van der Waals surface area contributed by atoms with Crippen molar-refractivity contribution in [1.29, 1.82) is 0 Å². The fourth-order valence-electron chi connectivity index (χ4n) is 6.43. The number of aliphatic hydroxyl groups excluding tert-OH is 1. The van der Waals surface area contributed by atoms with Gasteiger partial charge in [-0.1, -0.05) is 49.8 Å². The van der Waals surface area contributed by atoms with Crippen molar-refractivity contribution in [3.63, 3.8) is 0 Å². The van der Waals surface area contributed by atoms with Gasteiger partial charge in [-0.05, 0) is 43.5 Å². The van der Waals surface area contributed by atoms with Crippen molar-refractivity contribution in [2.75, 3.05) is 24.6 Å². The van der Waals surface area contributed by atoms with E-state index >= 15 is 0 Å². The second-order valence-corrected chi connectivity index (χ2v) is 11.9. The normalized spacial score (nSPS) is 33.7. The first-order valence-corrected chi connectivity index (χ1v) is 14.5. The molecule has 4 aliphatic rings. The summed E-state index contributed by atoms with van der Waals surface area (Å²) in [5.74, 6) is -3.90. The number of ether oxygens (including phenoxy) is 2. The molecule has 0 saturated carbocycles. The van der Waals surface area contributed by atoms with Gasteiger partial charge in [0.15, 0.2) is 0 Å². The molecule has 0 unspecified atom stereocenters. The summed E-state index contributed by atoms with van der Waals surface area (Å²) in [4.78, 5) is 57.7. The average Bonchev–Trinajstić information content (AvgIpc) is 3.31. The number of carbonyl (C=O) groups excluding carboxylic acids is 4. The Labute approximate surface area is 244 Å². The minimum Gasteiger partial charge on any atom is -0.460 e. The van der Waals surface area contributed by atoms with Gasteiger partial charge in [-0.2, -0.15) is 0 Å². The smallest absolute Gasteiger partial charge is 0.313 e. The van der Waals surface area contributed by atoms with Gasteiger partial charge < -0.3 is 29.7 Å². The number of allylic oxidation sites excluding steroid dienone is 1. The summed E-state index contributed by atoms with van der Waals surface area (Å²) in [7, 11) is 0. The number of halogens is 1. The van der Waals surface area contributed by atoms with Gasteiger partial charge >= 0.3 is 5.97 Å². The number of nitrogens with zero attached hydrogens (tertiary/aromatic N) is 2. The molecule has 5 rings (SSSR count). The predicted molar refractivity (Wildman–Crippen MR) is 151 cm³/mol. The molecule has 7 atom stereocenters. The highest BCUT2D eigenvalue weighted by molar-refractivity contribution is 6.30. The zero-order valence-corrected chi connectivity index (χ0v) is 24.1. The number of aliphatic hydroxyl groups is 1. The second kappa shape index (κ2) is 11.6. The molecule has 4 heterocycles. The number of esters is 1. The van der Waals surface area contributed by atoms with E-state index in [4.69, 9.17) is 21.1 Å². The number of nitrogens with one attached hydrogen (secondary N) is 1. The van der Waals surface area contributed by atoms with Crippen LogP contribution in [0.3, 0.4) is 0 Å². The lowest BCUT2D eigenvalue weighted by atomic mass is 9.78. The summed E-state index contributed by atoms with van der Waals surface area (Å²) >= 11 is 6.10. The number of carbonyl (C=O) groups is 4. The van der Waals surface area contributed by atoms with E-state index in [2.05, 4.69) is 5.32 Å². The molecular weight excluding hydrogens is 550 g/mol. The van der Waals surface area contributed by atoms with Crippen LogP contribution in [-0.4, -0.2) is 83.3 Å². The first-order chi connectivity index (χ1) is 19.6. The lowest BCUT2D eigenvalue weighted by Gasteiger charge is -2.39. The zero-order chi connectivity index (χ0) is 29.5. The van der Waals surface area contributed by atoms with E-state index in [0.717, 1.165) is 0 Å². The molecule has 41 heavy (non-hydrogen) atoms. The van der Waals surface area contributed by atoms with Gasteiger partial charge in [0.2, 0.25) is 11.8 Å². The lowest BCUT2D eigenvalue weighted by Crippen LogP contribution is -2.59. The summed E-state index contributed by atoms with van der Waals surface area (Å²) in [6, 6.07) is 5.01. The standard InChI is InChI=1S/C30H36ClN3O7/c1-17(2)21(16-35)34-26-28(38)33(20-11-9-19(31)10-12-20)14-6-13-30(26)25(27(34)37)24-22(41-30)7-4-5-8-23(36)32-15-18(3)40-29(24)39/h4,6-7,9-13,17-18,21-22,24-26,35H,5,8,14-16H2,1-3H3,(H,32,36)/b7-4-/t18-,21+,22-,24+,25+,26-,30+/m1/s1. The van der Waals surface area contributed by atoms with E-state index in [9.17, 15) is 24.3 Å². The number of rotatable bonds is 4. The second-order valence-electron chi connectivity index (χ2n) is 11.4. The van der Waals surface area contributed by atoms with Crippen LogP contribution < -0.4 is 10.2 Å². The minimum atomic E-state index is -1.48. The summed E-state index contributed by atoms with van der Waals surface area (Å²) in [6.07, 6.45) is 6.15. The van der Waals surface area contributed by atoms with Gasteiger partial charge in [0.1, 0.15) is 23.7 Å². The zero-order valence-electron chi connectivity index (χ0n) is 23.4. The first-order valence-electron chi connectivity index (χ1n) is 14.1. The van der Waals surface area contributed by atoms with Crippen LogP contribution in [0.2, 0.25) is 5.02 Å². The van der Waals surface area contributed by atoms with E-state index in [-0.39, 0.29) is 43.8 Å². The fourth-order valence-corrected chi connectivity index (χ4v) is 6.56. The summed E-state index contributed by atoms with van der Waals surface area (Å²) in [5.41, 5.74) is -0.884. The molecule has 1 aromatic carbocycles. The van der Waals surface area contributed by atoms with Gasteiger partial charge in [0.25, 0.3) is 5.91 Å². The van der Waals surface area contributed by atoms with E-state index < -0.39 is 53.6 Å². The number of hydrogen-bond donors (Lipinski definition) is 2. The van der Waals surface area contributed by atoms with Crippen LogP contribution >= 0.6 is 11.6 Å². The van der Waals surface area contributed by atoms with Crippen LogP contribution in [-0.2, 0) is 28.7 Å². The molecule has 1 spiro atoms. The maximum Gasteiger partial charge on any atom is 0.313 e. The third kappa shape index (κ3) is 5.17. The Morgan fingerprint density at radius 1 is 1.12 bits per heavy atom. The Kier molecular flexibility index (Phi) is 8.27. The van der Waals surface area contributed by atoms with Crippen molar-refractivity contribution < 1.29 is 33.8 Å². The monoisotopic (exact) mass is 585 g/mol. The molecular formula is C30H36ClN3O7. The summed E-state index contributed by atoms with van der Waals surface area (Å²) in [5, 5.41) is 13.7. The number of likely N-dealkylation sites (tertiary alicyclic amines) is 1. The molecule has 2 saturated heterocycles. The molecule has 2 fully saturated rings. The molecule has 220 valence electrons. The van der Waals surface area contributed by atoms with E-state index in [1.807, 2.05) is 13.8 Å². The Bertz CT molecular complexity index is 1270.